The van der Waals surface area contributed by atoms with Gasteiger partial charge in [-0.2, -0.15) is 0 Å². The van der Waals surface area contributed by atoms with Crippen molar-refractivity contribution < 1.29 is 9.53 Å². The van der Waals surface area contributed by atoms with Crippen LogP contribution in [0.2, 0.25) is 0 Å². The number of aryl methyl sites for hydroxylation is 1. The lowest BCUT2D eigenvalue weighted by Gasteiger charge is -2.36. The fraction of sp³-hybridized carbons (Fsp3) is 0.588. The van der Waals surface area contributed by atoms with Gasteiger partial charge in [0.25, 0.3) is 0 Å². The van der Waals surface area contributed by atoms with Crippen LogP contribution in [0.4, 0.5) is 0 Å². The van der Waals surface area contributed by atoms with Crippen LogP contribution in [0.3, 0.4) is 0 Å². The first-order valence-electron chi connectivity index (χ1n) is 7.92. The predicted octanol–water partition coefficient (Wildman–Crippen LogP) is 1.89. The van der Waals surface area contributed by atoms with Crippen LogP contribution in [0.5, 0.6) is 0 Å². The number of hydrogen-bond acceptors (Lipinski definition) is 3. The van der Waals surface area contributed by atoms with Crippen LogP contribution >= 0.6 is 0 Å². The summed E-state index contributed by atoms with van der Waals surface area (Å²) >= 11 is 0. The van der Waals surface area contributed by atoms with Crippen molar-refractivity contribution in [1.82, 2.24) is 10.2 Å². The minimum Gasteiger partial charge on any atom is -0.370 e. The number of ether oxygens (including phenoxy) is 1. The van der Waals surface area contributed by atoms with E-state index < -0.39 is 0 Å². The van der Waals surface area contributed by atoms with Crippen LogP contribution in [0.1, 0.15) is 30.1 Å². The molecule has 0 unspecified atom stereocenters. The number of nitrogens with one attached hydrogen (secondary N) is 1. The third-order valence-corrected chi connectivity index (χ3v) is 4.56. The molecule has 1 N–H and O–H groups in total. The SMILES string of the molecule is Cc1ccccc1[C@H]1CN(C(=O)[C@H]2CCCNC2)CCO1. The zero-order chi connectivity index (χ0) is 14.7. The van der Waals surface area contributed by atoms with E-state index in [4.69, 9.17) is 4.74 Å². The van der Waals surface area contributed by atoms with E-state index in [0.717, 1.165) is 32.5 Å². The molecule has 0 saturated carbocycles. The van der Waals surface area contributed by atoms with Gasteiger partial charge in [-0.25, -0.2) is 0 Å². The van der Waals surface area contributed by atoms with E-state index in [2.05, 4.69) is 24.4 Å². The van der Waals surface area contributed by atoms with Gasteiger partial charge in [-0.05, 0) is 37.4 Å². The van der Waals surface area contributed by atoms with Crippen LogP contribution in [-0.2, 0) is 9.53 Å². The number of carbonyl (C=O) groups is 1. The van der Waals surface area contributed by atoms with Gasteiger partial charge in [-0.15, -0.1) is 0 Å². The Morgan fingerprint density at radius 3 is 3.00 bits per heavy atom. The highest BCUT2D eigenvalue weighted by atomic mass is 16.5. The van der Waals surface area contributed by atoms with Gasteiger partial charge in [0.2, 0.25) is 5.91 Å². The molecule has 0 aliphatic carbocycles. The van der Waals surface area contributed by atoms with Gasteiger partial charge in [0, 0.05) is 13.1 Å². The summed E-state index contributed by atoms with van der Waals surface area (Å²) in [5.74, 6) is 0.443. The molecule has 0 spiro atoms. The quantitative estimate of drug-likeness (QED) is 0.903. The Labute approximate surface area is 126 Å². The van der Waals surface area contributed by atoms with Crippen molar-refractivity contribution in [3.8, 4) is 0 Å². The van der Waals surface area contributed by atoms with Gasteiger partial charge in [-0.3, -0.25) is 4.79 Å². The fourth-order valence-electron chi connectivity index (χ4n) is 3.31. The Kier molecular flexibility index (Phi) is 4.56. The highest BCUT2D eigenvalue weighted by Crippen LogP contribution is 2.26. The fourth-order valence-corrected chi connectivity index (χ4v) is 3.31. The smallest absolute Gasteiger partial charge is 0.227 e. The van der Waals surface area contributed by atoms with Gasteiger partial charge in [0.05, 0.1) is 19.1 Å². The van der Waals surface area contributed by atoms with Crippen molar-refractivity contribution in [2.45, 2.75) is 25.9 Å². The van der Waals surface area contributed by atoms with Gasteiger partial charge in [0.1, 0.15) is 6.10 Å². The van der Waals surface area contributed by atoms with E-state index in [1.165, 1.54) is 11.1 Å². The van der Waals surface area contributed by atoms with E-state index in [1.807, 2.05) is 17.0 Å². The molecule has 0 aromatic heterocycles. The van der Waals surface area contributed by atoms with Crippen molar-refractivity contribution in [2.24, 2.45) is 5.92 Å². The molecule has 2 heterocycles. The molecule has 2 aliphatic rings. The van der Waals surface area contributed by atoms with Crippen LogP contribution in [0.15, 0.2) is 24.3 Å². The van der Waals surface area contributed by atoms with E-state index in [9.17, 15) is 4.79 Å². The minimum absolute atomic E-state index is 0.0143. The average Bonchev–Trinajstić information content (AvgIpc) is 2.55. The molecule has 114 valence electrons. The summed E-state index contributed by atoms with van der Waals surface area (Å²) in [5, 5.41) is 3.33. The molecule has 0 radical (unpaired) electrons. The summed E-state index contributed by atoms with van der Waals surface area (Å²) in [6, 6.07) is 8.29. The standard InChI is InChI=1S/C17H24N2O2/c1-13-5-2-3-7-15(13)16-12-19(9-10-21-16)17(20)14-6-4-8-18-11-14/h2-3,5,7,14,16,18H,4,6,8-12H2,1H3/t14-,16+/m0/s1. The lowest BCUT2D eigenvalue weighted by atomic mass is 9.96. The zero-order valence-electron chi connectivity index (χ0n) is 12.7. The molecule has 1 amide bonds. The van der Waals surface area contributed by atoms with Gasteiger partial charge < -0.3 is 15.0 Å². The Morgan fingerprint density at radius 2 is 2.24 bits per heavy atom. The Morgan fingerprint density at radius 1 is 1.38 bits per heavy atom. The first-order chi connectivity index (χ1) is 10.3. The van der Waals surface area contributed by atoms with Crippen molar-refractivity contribution >= 4 is 5.91 Å². The maximum atomic E-state index is 12.6. The second-order valence-electron chi connectivity index (χ2n) is 6.04. The number of benzene rings is 1. The maximum Gasteiger partial charge on any atom is 0.227 e. The molecular formula is C17H24N2O2. The highest BCUT2D eigenvalue weighted by molar-refractivity contribution is 5.79. The largest absolute Gasteiger partial charge is 0.370 e. The molecule has 3 rings (SSSR count). The molecule has 21 heavy (non-hydrogen) atoms. The van der Waals surface area contributed by atoms with E-state index >= 15 is 0 Å². The molecule has 4 heteroatoms. The minimum atomic E-state index is 0.0143. The third-order valence-electron chi connectivity index (χ3n) is 4.56. The number of carbonyl (C=O) groups excluding carboxylic acids is 1. The van der Waals surface area contributed by atoms with E-state index in [0.29, 0.717) is 19.1 Å². The van der Waals surface area contributed by atoms with Crippen molar-refractivity contribution in [3.63, 3.8) is 0 Å². The van der Waals surface area contributed by atoms with Crippen LogP contribution < -0.4 is 5.32 Å². The lowest BCUT2D eigenvalue weighted by Crippen LogP contribution is -2.48. The zero-order valence-corrected chi connectivity index (χ0v) is 12.7. The molecular weight excluding hydrogens is 264 g/mol. The van der Waals surface area contributed by atoms with Crippen molar-refractivity contribution in [2.75, 3.05) is 32.8 Å². The predicted molar refractivity (Wildman–Crippen MR) is 82.0 cm³/mol. The first kappa shape index (κ1) is 14.5. The van der Waals surface area contributed by atoms with E-state index in [1.54, 1.807) is 0 Å². The van der Waals surface area contributed by atoms with E-state index in [-0.39, 0.29) is 12.0 Å². The molecule has 2 aliphatic heterocycles. The number of piperidine rings is 1. The molecule has 2 atom stereocenters. The molecule has 2 saturated heterocycles. The molecule has 1 aromatic carbocycles. The van der Waals surface area contributed by atoms with Gasteiger partial charge in [0.15, 0.2) is 0 Å². The summed E-state index contributed by atoms with van der Waals surface area (Å²) < 4.78 is 5.90. The number of morpholine rings is 1. The second-order valence-corrected chi connectivity index (χ2v) is 6.04. The topological polar surface area (TPSA) is 41.6 Å². The van der Waals surface area contributed by atoms with Gasteiger partial charge in [-0.1, -0.05) is 24.3 Å². The normalized spacial score (nSPS) is 26.6. The molecule has 2 fully saturated rings. The number of nitrogens with zero attached hydrogens (tertiary/aromatic N) is 1. The number of hydrogen-bond donors (Lipinski definition) is 1. The Hall–Kier alpha value is -1.39. The van der Waals surface area contributed by atoms with Crippen LogP contribution in [0.25, 0.3) is 0 Å². The average molecular weight is 288 g/mol. The molecule has 0 bridgehead atoms. The summed E-state index contributed by atoms with van der Waals surface area (Å²) in [6.45, 7) is 6.00. The first-order valence-corrected chi connectivity index (χ1v) is 7.92. The van der Waals surface area contributed by atoms with Crippen LogP contribution in [0, 0.1) is 12.8 Å². The Bertz CT molecular complexity index is 497. The molecule has 4 nitrogen and oxygen atoms in total. The number of amides is 1. The van der Waals surface area contributed by atoms with Crippen molar-refractivity contribution in [1.29, 1.82) is 0 Å². The summed E-state index contributed by atoms with van der Waals surface area (Å²) in [4.78, 5) is 14.6. The lowest BCUT2D eigenvalue weighted by molar-refractivity contribution is -0.143. The summed E-state index contributed by atoms with van der Waals surface area (Å²) in [5.41, 5.74) is 2.44. The number of rotatable bonds is 2. The highest BCUT2D eigenvalue weighted by Gasteiger charge is 2.31. The second kappa shape index (κ2) is 6.58. The summed E-state index contributed by atoms with van der Waals surface area (Å²) in [6.07, 6.45) is 2.13. The Balaban J connectivity index is 1.68. The third kappa shape index (κ3) is 3.27. The van der Waals surface area contributed by atoms with Gasteiger partial charge >= 0.3 is 0 Å². The van der Waals surface area contributed by atoms with Crippen molar-refractivity contribution in [3.05, 3.63) is 35.4 Å². The maximum absolute atomic E-state index is 12.6. The van der Waals surface area contributed by atoms with Crippen LogP contribution in [-0.4, -0.2) is 43.6 Å². The molecule has 1 aromatic rings. The summed E-state index contributed by atoms with van der Waals surface area (Å²) in [7, 11) is 0. The monoisotopic (exact) mass is 288 g/mol.